The van der Waals surface area contributed by atoms with Gasteiger partial charge in [-0.05, 0) is 0 Å². The summed E-state index contributed by atoms with van der Waals surface area (Å²) in [7, 11) is -9.73. The van der Waals surface area contributed by atoms with E-state index in [9.17, 15) is 18.9 Å². The van der Waals surface area contributed by atoms with E-state index in [-0.39, 0.29) is 32.7 Å². The third-order valence-electron chi connectivity index (χ3n) is 0.357. The van der Waals surface area contributed by atoms with Gasteiger partial charge in [0, 0.05) is 0 Å². The summed E-state index contributed by atoms with van der Waals surface area (Å²) in [6.07, 6.45) is 0. The summed E-state index contributed by atoms with van der Waals surface area (Å²) in [5.74, 6) is -1.60. The van der Waals surface area contributed by atoms with Gasteiger partial charge in [0.05, 0.1) is 5.90 Å². The predicted octanol–water partition coefficient (Wildman–Crippen LogP) is -1.64. The summed E-state index contributed by atoms with van der Waals surface area (Å²) in [6.45, 7) is 0. The Kier molecular flexibility index (Phi) is 14.0. The SMILES string of the molecule is N.N.O=P([O-])(O)CP(=O)([O-])O.[Pd+2]. The summed E-state index contributed by atoms with van der Waals surface area (Å²) in [4.78, 5) is 35.0. The molecule has 0 rings (SSSR count). The molecule has 80 valence electrons. The second kappa shape index (κ2) is 7.30. The van der Waals surface area contributed by atoms with Crippen molar-refractivity contribution in [1.29, 1.82) is 0 Å². The smallest absolute Gasteiger partial charge is 0.778 e. The van der Waals surface area contributed by atoms with Gasteiger partial charge >= 0.3 is 20.4 Å². The van der Waals surface area contributed by atoms with Crippen molar-refractivity contribution in [3.05, 3.63) is 0 Å². The van der Waals surface area contributed by atoms with Crippen LogP contribution in [-0.2, 0) is 29.6 Å². The van der Waals surface area contributed by atoms with E-state index >= 15 is 0 Å². The molecule has 0 aromatic carbocycles. The van der Waals surface area contributed by atoms with Crippen LogP contribution in [0.1, 0.15) is 0 Å². The van der Waals surface area contributed by atoms with Gasteiger partial charge < -0.3 is 41.0 Å². The Morgan fingerprint density at radius 1 is 1.00 bits per heavy atom. The molecule has 11 heteroatoms. The molecule has 0 fully saturated rings. The molecule has 2 unspecified atom stereocenters. The van der Waals surface area contributed by atoms with Crippen LogP contribution in [-0.4, -0.2) is 15.7 Å². The molecule has 0 radical (unpaired) electrons. The number of hydrogen-bond acceptors (Lipinski definition) is 6. The molecule has 0 amide bonds. The first kappa shape index (κ1) is 23.1. The minimum atomic E-state index is -4.86. The third-order valence-corrected chi connectivity index (χ3v) is 3.22. The second-order valence-electron chi connectivity index (χ2n) is 1.42. The Labute approximate surface area is 82.9 Å². The predicted molar refractivity (Wildman–Crippen MR) is 34.6 cm³/mol. The molecule has 12 heavy (non-hydrogen) atoms. The molecule has 0 spiro atoms. The van der Waals surface area contributed by atoms with E-state index in [1.165, 1.54) is 0 Å². The van der Waals surface area contributed by atoms with E-state index in [0.717, 1.165) is 0 Å². The summed E-state index contributed by atoms with van der Waals surface area (Å²) in [5.41, 5.74) is 0. The summed E-state index contributed by atoms with van der Waals surface area (Å²) < 4.78 is 19.4. The van der Waals surface area contributed by atoms with Crippen LogP contribution in [0.2, 0.25) is 0 Å². The average molecular weight is 314 g/mol. The Morgan fingerprint density at radius 2 is 1.17 bits per heavy atom. The summed E-state index contributed by atoms with van der Waals surface area (Å²) >= 11 is 0. The van der Waals surface area contributed by atoms with E-state index in [1.807, 2.05) is 0 Å². The van der Waals surface area contributed by atoms with Crippen molar-refractivity contribution in [3.8, 4) is 0 Å². The molecule has 0 bridgehead atoms. The largest absolute Gasteiger partial charge is 2.00 e. The Hall–Kier alpha value is 0.882. The monoisotopic (exact) mass is 314 g/mol. The molecule has 0 aromatic heterocycles. The van der Waals surface area contributed by atoms with E-state index < -0.39 is 21.1 Å². The minimum Gasteiger partial charge on any atom is -0.778 e. The minimum absolute atomic E-state index is 0. The van der Waals surface area contributed by atoms with Crippen LogP contribution in [0.3, 0.4) is 0 Å². The molecular formula is CH10N2O6P2Pd. The maximum absolute atomic E-state index is 9.70. The fraction of sp³-hybridized carbons (Fsp3) is 1.00. The fourth-order valence-corrected chi connectivity index (χ4v) is 2.03. The standard InChI is InChI=1S/CH6O6P2.2H3N.Pd/c2-8(3,4)1-9(5,6)7;;;/h1H2,(H2,2,3,4)(H2,5,6,7);2*1H3;/q;;;+2/p-2. The first-order valence-corrected chi connectivity index (χ1v) is 5.29. The molecule has 8 nitrogen and oxygen atoms in total. The van der Waals surface area contributed by atoms with Crippen LogP contribution in [0.25, 0.3) is 0 Å². The number of hydrogen-bond donors (Lipinski definition) is 4. The van der Waals surface area contributed by atoms with Gasteiger partial charge in [-0.3, -0.25) is 0 Å². The van der Waals surface area contributed by atoms with Crippen molar-refractivity contribution in [2.75, 3.05) is 5.90 Å². The van der Waals surface area contributed by atoms with Gasteiger partial charge in [0.25, 0.3) is 0 Å². The zero-order valence-corrected chi connectivity index (χ0v) is 9.20. The van der Waals surface area contributed by atoms with Crippen molar-refractivity contribution in [1.82, 2.24) is 12.3 Å². The van der Waals surface area contributed by atoms with E-state index in [0.29, 0.717) is 0 Å². The Morgan fingerprint density at radius 3 is 1.17 bits per heavy atom. The molecule has 0 saturated carbocycles. The molecule has 0 saturated heterocycles. The molecular weight excluding hydrogens is 304 g/mol. The van der Waals surface area contributed by atoms with Crippen molar-refractivity contribution in [3.63, 3.8) is 0 Å². The van der Waals surface area contributed by atoms with Crippen LogP contribution in [0.4, 0.5) is 0 Å². The van der Waals surface area contributed by atoms with Crippen molar-refractivity contribution >= 4 is 15.2 Å². The Balaban J connectivity index is -0.000000107. The first-order chi connectivity index (χ1) is 3.71. The van der Waals surface area contributed by atoms with E-state index in [1.54, 1.807) is 0 Å². The van der Waals surface area contributed by atoms with Gasteiger partial charge in [-0.15, -0.1) is 0 Å². The topological polar surface area (TPSA) is 191 Å². The third kappa shape index (κ3) is 22.4. The second-order valence-corrected chi connectivity index (χ2v) is 5.10. The summed E-state index contributed by atoms with van der Waals surface area (Å²) in [5, 5.41) is 0. The first-order valence-electron chi connectivity index (χ1n) is 1.76. The van der Waals surface area contributed by atoms with Crippen molar-refractivity contribution in [2.45, 2.75) is 0 Å². The van der Waals surface area contributed by atoms with Gasteiger partial charge in [0.15, 0.2) is 0 Å². The molecule has 0 aromatic rings. The molecule has 0 aliphatic heterocycles. The normalized spacial score (nSPS) is 18.3. The molecule has 0 aliphatic rings. The van der Waals surface area contributed by atoms with Gasteiger partial charge in [-0.25, -0.2) is 0 Å². The van der Waals surface area contributed by atoms with E-state index in [4.69, 9.17) is 9.79 Å². The van der Waals surface area contributed by atoms with Gasteiger partial charge in [-0.1, -0.05) is 0 Å². The maximum atomic E-state index is 9.70. The molecule has 0 heterocycles. The maximum Gasteiger partial charge on any atom is 2.00 e. The summed E-state index contributed by atoms with van der Waals surface area (Å²) in [6, 6.07) is 0. The van der Waals surface area contributed by atoms with Crippen molar-refractivity contribution < 1.29 is 49.1 Å². The van der Waals surface area contributed by atoms with Crippen LogP contribution in [0.15, 0.2) is 0 Å². The van der Waals surface area contributed by atoms with Crippen LogP contribution in [0.5, 0.6) is 0 Å². The van der Waals surface area contributed by atoms with Crippen LogP contribution < -0.4 is 22.1 Å². The van der Waals surface area contributed by atoms with Gasteiger partial charge in [-0.2, -0.15) is 0 Å². The quantitative estimate of drug-likeness (QED) is 0.344. The van der Waals surface area contributed by atoms with Crippen LogP contribution >= 0.6 is 15.2 Å². The fourth-order valence-electron chi connectivity index (χ4n) is 0.226. The Bertz CT molecular complexity index is 164. The van der Waals surface area contributed by atoms with Gasteiger partial charge in [0.2, 0.25) is 0 Å². The number of rotatable bonds is 2. The van der Waals surface area contributed by atoms with E-state index in [2.05, 4.69) is 0 Å². The average Bonchev–Trinajstić information content (AvgIpc) is 1.14. The zero-order chi connectivity index (χ0) is 7.71. The molecule has 8 N–H and O–H groups in total. The zero-order valence-electron chi connectivity index (χ0n) is 5.86. The van der Waals surface area contributed by atoms with Crippen molar-refractivity contribution in [2.24, 2.45) is 0 Å². The molecule has 0 aliphatic carbocycles. The van der Waals surface area contributed by atoms with Crippen LogP contribution in [0, 0.1) is 0 Å². The molecule has 2 atom stereocenters. The van der Waals surface area contributed by atoms with Gasteiger partial charge in [0.1, 0.15) is 15.2 Å².